The second-order valence-electron chi connectivity index (χ2n) is 17.5. The van der Waals surface area contributed by atoms with Crippen LogP contribution in [0.3, 0.4) is 0 Å². The molecule has 9 atom stereocenters. The molecule has 354 valence electrons. The monoisotopic (exact) mass is 880 g/mol. The Labute approximate surface area is 379 Å². The van der Waals surface area contributed by atoms with Gasteiger partial charge in [-0.3, -0.25) is 28.8 Å². The van der Waals surface area contributed by atoms with E-state index in [4.69, 9.17) is 14.3 Å². The number of ether oxygens (including phenoxy) is 2. The number of nitrogens with zero attached hydrogens (tertiary/aromatic N) is 2. The van der Waals surface area contributed by atoms with Crippen molar-refractivity contribution in [2.45, 2.75) is 158 Å². The summed E-state index contributed by atoms with van der Waals surface area (Å²) in [4.78, 5) is 72.3. The summed E-state index contributed by atoms with van der Waals surface area (Å²) in [6, 6.07) is 15.8. The van der Waals surface area contributed by atoms with Gasteiger partial charge in [0, 0.05) is 27.2 Å². The number of fused-ring (bicyclic) bond motifs is 1. The van der Waals surface area contributed by atoms with Gasteiger partial charge in [0.1, 0.15) is 12.6 Å². The van der Waals surface area contributed by atoms with Crippen molar-refractivity contribution in [3.63, 3.8) is 0 Å². The van der Waals surface area contributed by atoms with Crippen LogP contribution in [0.1, 0.15) is 119 Å². The highest BCUT2D eigenvalue weighted by molar-refractivity contribution is 5.90. The minimum Gasteiger partial charge on any atom is -0.381 e. The molecule has 2 aliphatic heterocycles. The van der Waals surface area contributed by atoms with Gasteiger partial charge in [0.25, 0.3) is 5.91 Å². The van der Waals surface area contributed by atoms with Gasteiger partial charge in [-0.25, -0.2) is 5.06 Å². The van der Waals surface area contributed by atoms with Gasteiger partial charge in [0.05, 0.1) is 49.2 Å². The van der Waals surface area contributed by atoms with Gasteiger partial charge in [-0.2, -0.15) is 0 Å². The van der Waals surface area contributed by atoms with Crippen LogP contribution < -0.4 is 16.0 Å². The van der Waals surface area contributed by atoms with E-state index in [1.54, 1.807) is 21.3 Å². The number of carbonyl (C=O) groups excluding carboxylic acids is 5. The predicted molar refractivity (Wildman–Crippen MR) is 249 cm³/mol. The molecular formula is C50H81N5O8. The van der Waals surface area contributed by atoms with Crippen LogP contribution in [0.15, 0.2) is 54.6 Å². The highest BCUT2D eigenvalue weighted by atomic mass is 16.7. The summed E-state index contributed by atoms with van der Waals surface area (Å²) < 4.78 is 11.7. The predicted octanol–water partition coefficient (Wildman–Crippen LogP) is 6.90. The van der Waals surface area contributed by atoms with E-state index in [-0.39, 0.29) is 71.4 Å². The van der Waals surface area contributed by atoms with Gasteiger partial charge in [-0.1, -0.05) is 130 Å². The molecular weight excluding hydrogens is 799 g/mol. The lowest BCUT2D eigenvalue weighted by Crippen LogP contribution is -2.55. The quantitative estimate of drug-likeness (QED) is 0.129. The molecule has 0 radical (unpaired) electrons. The molecule has 13 nitrogen and oxygen atoms in total. The van der Waals surface area contributed by atoms with Gasteiger partial charge in [-0.05, 0) is 67.2 Å². The van der Waals surface area contributed by atoms with E-state index in [0.717, 1.165) is 36.0 Å². The minimum atomic E-state index is -0.837. The van der Waals surface area contributed by atoms with Crippen LogP contribution in [0, 0.1) is 29.6 Å². The number of likely N-dealkylation sites (tertiary alicyclic amines) is 1. The average molecular weight is 880 g/mol. The van der Waals surface area contributed by atoms with E-state index in [2.05, 4.69) is 36.7 Å². The zero-order chi connectivity index (χ0) is 47.4. The van der Waals surface area contributed by atoms with Crippen molar-refractivity contribution in [1.82, 2.24) is 25.9 Å². The number of methoxy groups -OCH3 is 2. The first kappa shape index (κ1) is 55.0. The molecule has 0 aliphatic carbocycles. The number of ketones is 1. The fourth-order valence-electron chi connectivity index (χ4n) is 8.42. The van der Waals surface area contributed by atoms with Gasteiger partial charge in [-0.15, -0.1) is 0 Å². The molecule has 2 aliphatic rings. The number of nitrogens with one attached hydrogen (secondary N) is 3. The Bertz CT molecular complexity index is 1710. The van der Waals surface area contributed by atoms with E-state index in [0.29, 0.717) is 38.5 Å². The van der Waals surface area contributed by atoms with E-state index < -0.39 is 18.1 Å². The lowest BCUT2D eigenvalue weighted by molar-refractivity contribution is -0.203. The fraction of sp³-hybridized carbons (Fsp3) is 0.660. The van der Waals surface area contributed by atoms with Crippen LogP contribution in [-0.2, 0) is 57.9 Å². The van der Waals surface area contributed by atoms with Gasteiger partial charge in [0.15, 0.2) is 5.78 Å². The minimum absolute atomic E-state index is 0.00181. The number of hydroxylamine groups is 2. The number of hydrogen-bond acceptors (Lipinski definition) is 9. The maximum atomic E-state index is 13.9. The van der Waals surface area contributed by atoms with Crippen LogP contribution in [0.25, 0.3) is 0 Å². The van der Waals surface area contributed by atoms with Gasteiger partial charge >= 0.3 is 0 Å². The lowest BCUT2D eigenvalue weighted by Gasteiger charge is -2.36. The molecule has 2 heterocycles. The molecule has 2 aromatic carbocycles. The fourth-order valence-corrected chi connectivity index (χ4v) is 8.42. The lowest BCUT2D eigenvalue weighted by atomic mass is 9.87. The van der Waals surface area contributed by atoms with Crippen LogP contribution in [-0.4, -0.2) is 104 Å². The Balaban J connectivity index is 0.000000640. The van der Waals surface area contributed by atoms with E-state index >= 15 is 0 Å². The largest absolute Gasteiger partial charge is 0.381 e. The standard InChI is InChI=1S/C36H51N3O6.C12H24N2O2.C2H6/c1-7-24(2)25(3)32(43-5)21-33(40)38-19-13-18-31(38)34(44-6)26(4)35(41)37-30(20-27-14-9-8-10-15-27)36(42)39-22-28-16-11-12-17-29(28)23-45-39;1-7(2)10(9(5)15)14-12(16)11(13-6)8(3)4;1-2/h8-12,14-17,24-26,30-32,34H,7,13,18-23H2,1-6H3,(H,37,41);7-8,10-11,13H,1-6H3,(H,14,16);1-2H3/t24-,25-,26+,30-,31-,32+,34+;10-,11?;/m00./s1. The number of likely N-dealkylation sites (N-methyl/N-ethyl adjacent to an activating group) is 1. The van der Waals surface area contributed by atoms with Crippen molar-refractivity contribution >= 4 is 29.4 Å². The SMILES string of the molecule is CC.CC[C@H](C)[C@H](C)[C@@H](CC(=O)N1CCC[C@H]1[C@H](OC)[C@@H](C)C(=O)N[C@@H](Cc1ccccc1)C(=O)N1Cc2ccccc2CO1)OC.CNC(C(=O)N[C@H](C(C)=O)C(C)C)C(C)C. The van der Waals surface area contributed by atoms with E-state index in [1.165, 1.54) is 12.0 Å². The second kappa shape index (κ2) is 27.9. The van der Waals surface area contributed by atoms with Crippen molar-refractivity contribution in [3.8, 4) is 0 Å². The third-order valence-electron chi connectivity index (χ3n) is 12.6. The zero-order valence-electron chi connectivity index (χ0n) is 40.9. The van der Waals surface area contributed by atoms with Crippen LogP contribution in [0.2, 0.25) is 0 Å². The number of amides is 4. The van der Waals surface area contributed by atoms with Gasteiger partial charge < -0.3 is 30.3 Å². The highest BCUT2D eigenvalue weighted by Crippen LogP contribution is 2.30. The van der Waals surface area contributed by atoms with Crippen molar-refractivity contribution in [3.05, 3.63) is 71.3 Å². The Morgan fingerprint density at radius 3 is 1.95 bits per heavy atom. The summed E-state index contributed by atoms with van der Waals surface area (Å²) in [5.41, 5.74) is 3.00. The Hall–Kier alpha value is -4.17. The maximum absolute atomic E-state index is 13.9. The molecule has 63 heavy (non-hydrogen) atoms. The molecule has 1 fully saturated rings. The molecule has 3 N–H and O–H groups in total. The second-order valence-corrected chi connectivity index (χ2v) is 17.5. The van der Waals surface area contributed by atoms with Gasteiger partial charge in [0.2, 0.25) is 17.7 Å². The molecule has 13 heteroatoms. The van der Waals surface area contributed by atoms with Crippen molar-refractivity contribution in [2.24, 2.45) is 29.6 Å². The molecule has 4 amide bonds. The molecule has 1 saturated heterocycles. The van der Waals surface area contributed by atoms with E-state index in [1.807, 2.05) is 108 Å². The van der Waals surface area contributed by atoms with Crippen molar-refractivity contribution in [2.75, 3.05) is 27.8 Å². The number of rotatable bonds is 20. The summed E-state index contributed by atoms with van der Waals surface area (Å²) >= 11 is 0. The molecule has 0 aromatic heterocycles. The third-order valence-corrected chi connectivity index (χ3v) is 12.6. The topological polar surface area (TPSA) is 156 Å². The average Bonchev–Trinajstić information content (AvgIpc) is 3.77. The number of Topliss-reactive ketones (excluding diaryl/α,β-unsaturated/α-hetero) is 1. The smallest absolute Gasteiger partial charge is 0.269 e. The molecule has 4 rings (SSSR count). The molecule has 0 spiro atoms. The van der Waals surface area contributed by atoms with Crippen LogP contribution in [0.5, 0.6) is 0 Å². The van der Waals surface area contributed by atoms with Crippen LogP contribution in [0.4, 0.5) is 0 Å². The molecule has 0 saturated carbocycles. The number of hydrogen-bond donors (Lipinski definition) is 3. The molecule has 2 aromatic rings. The normalized spacial score (nSPS) is 18.5. The van der Waals surface area contributed by atoms with Crippen molar-refractivity contribution in [1.29, 1.82) is 0 Å². The zero-order valence-corrected chi connectivity index (χ0v) is 40.9. The summed E-state index contributed by atoms with van der Waals surface area (Å²) in [6.07, 6.45) is 2.50. The highest BCUT2D eigenvalue weighted by Gasteiger charge is 2.42. The maximum Gasteiger partial charge on any atom is 0.269 e. The first-order chi connectivity index (χ1) is 30.0. The molecule has 1 unspecified atom stereocenters. The number of benzene rings is 2. The van der Waals surface area contributed by atoms with Crippen LogP contribution >= 0.6 is 0 Å². The first-order valence-corrected chi connectivity index (χ1v) is 23.2. The third kappa shape index (κ3) is 16.1. The Kier molecular flexibility index (Phi) is 24.3. The summed E-state index contributed by atoms with van der Waals surface area (Å²) in [7, 11) is 5.01. The Morgan fingerprint density at radius 1 is 0.810 bits per heavy atom. The summed E-state index contributed by atoms with van der Waals surface area (Å²) in [5, 5.41) is 10.1. The van der Waals surface area contributed by atoms with Crippen molar-refractivity contribution < 1.29 is 38.3 Å². The number of carbonyl (C=O) groups is 5. The molecule has 0 bridgehead atoms. The summed E-state index contributed by atoms with van der Waals surface area (Å²) in [5.74, 6) is -0.305. The Morgan fingerprint density at radius 2 is 1.41 bits per heavy atom. The van der Waals surface area contributed by atoms with E-state index in [9.17, 15) is 24.0 Å². The first-order valence-electron chi connectivity index (χ1n) is 23.2. The summed E-state index contributed by atoms with van der Waals surface area (Å²) in [6.45, 7) is 22.8.